The molecular weight excluding hydrogens is 376 g/mol. The highest BCUT2D eigenvalue weighted by molar-refractivity contribution is 7.22. The lowest BCUT2D eigenvalue weighted by atomic mass is 9.97. The molecule has 2 saturated heterocycles. The van der Waals surface area contributed by atoms with E-state index in [0.29, 0.717) is 31.2 Å². The van der Waals surface area contributed by atoms with Crippen LogP contribution >= 0.6 is 11.3 Å². The van der Waals surface area contributed by atoms with Gasteiger partial charge in [0.15, 0.2) is 5.13 Å². The molecule has 0 radical (unpaired) electrons. The molecule has 4 rings (SSSR count). The Morgan fingerprint density at radius 2 is 1.96 bits per heavy atom. The van der Waals surface area contributed by atoms with Crippen LogP contribution in [0, 0.1) is 19.8 Å². The van der Waals surface area contributed by atoms with Crippen molar-refractivity contribution >= 4 is 44.4 Å². The summed E-state index contributed by atoms with van der Waals surface area (Å²) in [5.74, 6) is -0.437. The van der Waals surface area contributed by atoms with Crippen molar-refractivity contribution in [3.8, 4) is 0 Å². The van der Waals surface area contributed by atoms with Gasteiger partial charge in [-0.15, -0.1) is 0 Å². The number of likely N-dealkylation sites (tertiary alicyclic amines) is 2. The van der Waals surface area contributed by atoms with Crippen LogP contribution in [-0.4, -0.2) is 58.2 Å². The number of aryl methyl sites for hydroxylation is 2. The fraction of sp³-hybridized carbons (Fsp3) is 0.500. The van der Waals surface area contributed by atoms with Crippen LogP contribution in [0.1, 0.15) is 30.9 Å². The minimum Gasteiger partial charge on any atom is -0.339 e. The summed E-state index contributed by atoms with van der Waals surface area (Å²) in [5, 5.41) is 3.50. The second kappa shape index (κ2) is 7.16. The van der Waals surface area contributed by atoms with E-state index in [9.17, 15) is 14.4 Å². The molecule has 3 heterocycles. The van der Waals surface area contributed by atoms with Gasteiger partial charge in [0, 0.05) is 26.6 Å². The van der Waals surface area contributed by atoms with E-state index in [2.05, 4.69) is 22.4 Å². The van der Waals surface area contributed by atoms with Gasteiger partial charge in [-0.1, -0.05) is 17.4 Å². The second-order valence-corrected chi connectivity index (χ2v) is 8.78. The van der Waals surface area contributed by atoms with Crippen LogP contribution < -0.4 is 5.32 Å². The Morgan fingerprint density at radius 3 is 2.68 bits per heavy atom. The van der Waals surface area contributed by atoms with Crippen molar-refractivity contribution in [2.75, 3.05) is 25.0 Å². The van der Waals surface area contributed by atoms with E-state index >= 15 is 0 Å². The molecule has 0 spiro atoms. The first kappa shape index (κ1) is 18.9. The maximum absolute atomic E-state index is 12.6. The Bertz CT molecular complexity index is 964. The molecule has 1 atom stereocenters. The van der Waals surface area contributed by atoms with Crippen molar-refractivity contribution in [1.82, 2.24) is 14.8 Å². The Balaban J connectivity index is 1.36. The first-order valence-electron chi connectivity index (χ1n) is 9.58. The molecule has 28 heavy (non-hydrogen) atoms. The van der Waals surface area contributed by atoms with Crippen molar-refractivity contribution in [3.05, 3.63) is 23.3 Å². The lowest BCUT2D eigenvalue weighted by Gasteiger charge is -2.40. The van der Waals surface area contributed by atoms with Gasteiger partial charge in [0.25, 0.3) is 0 Å². The maximum atomic E-state index is 12.6. The van der Waals surface area contributed by atoms with E-state index in [1.54, 1.807) is 9.80 Å². The van der Waals surface area contributed by atoms with E-state index in [1.807, 2.05) is 13.8 Å². The van der Waals surface area contributed by atoms with Gasteiger partial charge in [-0.25, -0.2) is 4.98 Å². The molecule has 3 amide bonds. The SMILES string of the molecule is CC(=O)N1CCCC1C(=O)N1CC(C(=O)Nc2nc3c(C)cc(C)cc3s2)C1. The lowest BCUT2D eigenvalue weighted by molar-refractivity contribution is -0.149. The number of amides is 3. The van der Waals surface area contributed by atoms with Crippen molar-refractivity contribution in [2.45, 2.75) is 39.7 Å². The largest absolute Gasteiger partial charge is 0.339 e. The fourth-order valence-electron chi connectivity index (χ4n) is 4.07. The fourth-order valence-corrected chi connectivity index (χ4v) is 5.11. The summed E-state index contributed by atoms with van der Waals surface area (Å²) < 4.78 is 1.06. The van der Waals surface area contributed by atoms with Gasteiger partial charge in [0.2, 0.25) is 17.7 Å². The number of rotatable bonds is 3. The van der Waals surface area contributed by atoms with Gasteiger partial charge in [0.05, 0.1) is 16.1 Å². The summed E-state index contributed by atoms with van der Waals surface area (Å²) in [7, 11) is 0. The van der Waals surface area contributed by atoms with Gasteiger partial charge in [-0.05, 0) is 43.9 Å². The molecule has 0 saturated carbocycles. The average Bonchev–Trinajstić information content (AvgIpc) is 3.19. The number of benzene rings is 1. The summed E-state index contributed by atoms with van der Waals surface area (Å²) in [5.41, 5.74) is 3.19. The standard InChI is InChI=1S/C20H24N4O3S/c1-11-7-12(2)17-16(8-11)28-20(21-17)22-18(26)14-9-23(10-14)19(27)15-5-4-6-24(15)13(3)25/h7-8,14-15H,4-6,9-10H2,1-3H3,(H,21,22,26). The molecule has 1 aromatic heterocycles. The summed E-state index contributed by atoms with van der Waals surface area (Å²) in [6.07, 6.45) is 1.56. The number of nitrogens with zero attached hydrogens (tertiary/aromatic N) is 3. The highest BCUT2D eigenvalue weighted by Crippen LogP contribution is 2.30. The molecule has 1 aromatic carbocycles. The van der Waals surface area contributed by atoms with E-state index in [0.717, 1.165) is 22.2 Å². The molecule has 2 aliphatic heterocycles. The normalized spacial score (nSPS) is 19.8. The van der Waals surface area contributed by atoms with E-state index in [1.165, 1.54) is 23.8 Å². The number of aromatic nitrogens is 1. The van der Waals surface area contributed by atoms with E-state index in [-0.39, 0.29) is 29.7 Å². The number of anilines is 1. The topological polar surface area (TPSA) is 82.6 Å². The van der Waals surface area contributed by atoms with Gasteiger partial charge in [-0.3, -0.25) is 14.4 Å². The zero-order valence-corrected chi connectivity index (χ0v) is 17.1. The van der Waals surface area contributed by atoms with Crippen molar-refractivity contribution in [1.29, 1.82) is 0 Å². The van der Waals surface area contributed by atoms with Crippen molar-refractivity contribution in [2.24, 2.45) is 5.92 Å². The number of hydrogen-bond donors (Lipinski definition) is 1. The third-order valence-electron chi connectivity index (χ3n) is 5.57. The summed E-state index contributed by atoms with van der Waals surface area (Å²) in [6.45, 7) is 7.00. The van der Waals surface area contributed by atoms with Gasteiger partial charge in [0.1, 0.15) is 6.04 Å². The molecule has 2 aromatic rings. The Morgan fingerprint density at radius 1 is 1.21 bits per heavy atom. The minimum absolute atomic E-state index is 0.0390. The molecule has 1 N–H and O–H groups in total. The molecule has 8 heteroatoms. The Kier molecular flexibility index (Phi) is 4.82. The molecule has 1 unspecified atom stereocenters. The first-order chi connectivity index (χ1) is 13.3. The maximum Gasteiger partial charge on any atom is 0.245 e. The van der Waals surface area contributed by atoms with Crippen LogP contribution in [0.4, 0.5) is 5.13 Å². The van der Waals surface area contributed by atoms with Crippen LogP contribution in [0.25, 0.3) is 10.2 Å². The van der Waals surface area contributed by atoms with Crippen LogP contribution in [0.15, 0.2) is 12.1 Å². The third kappa shape index (κ3) is 3.37. The average molecular weight is 401 g/mol. The second-order valence-electron chi connectivity index (χ2n) is 7.75. The number of nitrogens with one attached hydrogen (secondary N) is 1. The number of fused-ring (bicyclic) bond motifs is 1. The van der Waals surface area contributed by atoms with Gasteiger partial charge < -0.3 is 15.1 Å². The van der Waals surface area contributed by atoms with Gasteiger partial charge >= 0.3 is 0 Å². The first-order valence-corrected chi connectivity index (χ1v) is 10.4. The Labute approximate surface area is 167 Å². The number of carbonyl (C=O) groups is 3. The monoisotopic (exact) mass is 400 g/mol. The third-order valence-corrected chi connectivity index (χ3v) is 6.48. The number of thiazole rings is 1. The van der Waals surface area contributed by atoms with E-state index in [4.69, 9.17) is 0 Å². The predicted molar refractivity (Wildman–Crippen MR) is 108 cm³/mol. The van der Waals surface area contributed by atoms with Crippen LogP contribution in [0.5, 0.6) is 0 Å². The van der Waals surface area contributed by atoms with Crippen LogP contribution in [-0.2, 0) is 14.4 Å². The lowest BCUT2D eigenvalue weighted by Crippen LogP contribution is -2.58. The zero-order valence-electron chi connectivity index (χ0n) is 16.3. The van der Waals surface area contributed by atoms with E-state index < -0.39 is 0 Å². The summed E-state index contributed by atoms with van der Waals surface area (Å²) >= 11 is 1.47. The minimum atomic E-state index is -0.364. The number of carbonyl (C=O) groups excluding carboxylic acids is 3. The molecular formula is C20H24N4O3S. The van der Waals surface area contributed by atoms with Crippen molar-refractivity contribution in [3.63, 3.8) is 0 Å². The molecule has 7 nitrogen and oxygen atoms in total. The van der Waals surface area contributed by atoms with Gasteiger partial charge in [-0.2, -0.15) is 0 Å². The molecule has 0 aliphatic carbocycles. The summed E-state index contributed by atoms with van der Waals surface area (Å²) in [4.78, 5) is 44.7. The Hall–Kier alpha value is -2.48. The van der Waals surface area contributed by atoms with Crippen molar-refractivity contribution < 1.29 is 14.4 Å². The highest BCUT2D eigenvalue weighted by atomic mass is 32.1. The van der Waals surface area contributed by atoms with Crippen LogP contribution in [0.2, 0.25) is 0 Å². The quantitative estimate of drug-likeness (QED) is 0.857. The summed E-state index contributed by atoms with van der Waals surface area (Å²) in [6, 6.07) is 3.79. The molecule has 148 valence electrons. The smallest absolute Gasteiger partial charge is 0.245 e. The molecule has 0 bridgehead atoms. The molecule has 2 aliphatic rings. The van der Waals surface area contributed by atoms with Crippen LogP contribution in [0.3, 0.4) is 0 Å². The zero-order chi connectivity index (χ0) is 20.0. The predicted octanol–water partition coefficient (Wildman–Crippen LogP) is 2.32. The highest BCUT2D eigenvalue weighted by Gasteiger charge is 2.42. The number of hydrogen-bond acceptors (Lipinski definition) is 5. The molecule has 2 fully saturated rings.